The van der Waals surface area contributed by atoms with Gasteiger partial charge in [0, 0.05) is 23.9 Å². The zero-order valence-corrected chi connectivity index (χ0v) is 10.8. The van der Waals surface area contributed by atoms with Crippen molar-refractivity contribution in [2.45, 2.75) is 53.0 Å². The summed E-state index contributed by atoms with van der Waals surface area (Å²) in [4.78, 5) is 8.53. The molecule has 1 aromatic rings. The van der Waals surface area contributed by atoms with E-state index in [1.807, 2.05) is 0 Å². The van der Waals surface area contributed by atoms with Crippen LogP contribution >= 0.6 is 0 Å². The molecular formula is C13H23N3. The van der Waals surface area contributed by atoms with Gasteiger partial charge in [-0.25, -0.2) is 9.97 Å². The lowest BCUT2D eigenvalue weighted by Gasteiger charge is -2.26. The molecular weight excluding hydrogens is 198 g/mol. The lowest BCUT2D eigenvalue weighted by molar-refractivity contribution is 0.316. The second kappa shape index (κ2) is 5.39. The minimum Gasteiger partial charge on any atom is -0.327 e. The molecule has 0 fully saturated rings. The molecule has 0 radical (unpaired) electrons. The van der Waals surface area contributed by atoms with Crippen LogP contribution < -0.4 is 5.73 Å². The Morgan fingerprint density at radius 3 is 2.44 bits per heavy atom. The molecule has 0 aliphatic carbocycles. The first kappa shape index (κ1) is 13.1. The van der Waals surface area contributed by atoms with E-state index < -0.39 is 0 Å². The summed E-state index contributed by atoms with van der Waals surface area (Å²) in [5, 5.41) is 0. The van der Waals surface area contributed by atoms with E-state index in [4.69, 9.17) is 5.73 Å². The fraction of sp³-hybridized carbons (Fsp3) is 0.692. The third-order valence-corrected chi connectivity index (χ3v) is 2.83. The van der Waals surface area contributed by atoms with Gasteiger partial charge in [0.25, 0.3) is 0 Å². The van der Waals surface area contributed by atoms with E-state index in [0.717, 1.165) is 30.7 Å². The first-order valence-corrected chi connectivity index (χ1v) is 5.99. The molecule has 0 spiro atoms. The van der Waals surface area contributed by atoms with E-state index >= 15 is 0 Å². The number of hydrogen-bond acceptors (Lipinski definition) is 3. The Labute approximate surface area is 98.5 Å². The average molecular weight is 221 g/mol. The molecule has 1 heterocycles. The first-order chi connectivity index (χ1) is 7.43. The summed E-state index contributed by atoms with van der Waals surface area (Å²) >= 11 is 0. The lowest BCUT2D eigenvalue weighted by Crippen LogP contribution is -2.37. The first-order valence-electron chi connectivity index (χ1n) is 5.99. The minimum absolute atomic E-state index is 0.121. The van der Waals surface area contributed by atoms with E-state index in [1.165, 1.54) is 0 Å². The van der Waals surface area contributed by atoms with E-state index in [1.54, 1.807) is 6.33 Å². The van der Waals surface area contributed by atoms with Crippen LogP contribution in [0.15, 0.2) is 12.4 Å². The Morgan fingerprint density at radius 2 is 1.88 bits per heavy atom. The molecule has 1 aromatic heterocycles. The summed E-state index contributed by atoms with van der Waals surface area (Å²) in [6, 6.07) is 2.21. The molecule has 0 saturated carbocycles. The summed E-state index contributed by atoms with van der Waals surface area (Å²) in [7, 11) is 0. The molecule has 3 heteroatoms. The van der Waals surface area contributed by atoms with Gasteiger partial charge in [-0.2, -0.15) is 0 Å². The Hall–Kier alpha value is -0.960. The topological polar surface area (TPSA) is 51.8 Å². The van der Waals surface area contributed by atoms with Crippen LogP contribution in [-0.4, -0.2) is 16.0 Å². The molecule has 2 N–H and O–H groups in total. The number of aryl methyl sites for hydroxylation is 1. The van der Waals surface area contributed by atoms with Crippen LogP contribution in [0.4, 0.5) is 0 Å². The molecule has 16 heavy (non-hydrogen) atoms. The highest BCUT2D eigenvalue weighted by atomic mass is 14.8. The molecule has 1 unspecified atom stereocenters. The van der Waals surface area contributed by atoms with Crippen molar-refractivity contribution in [1.82, 2.24) is 9.97 Å². The van der Waals surface area contributed by atoms with E-state index in [0.29, 0.717) is 0 Å². The van der Waals surface area contributed by atoms with Gasteiger partial charge in [-0.1, -0.05) is 34.1 Å². The van der Waals surface area contributed by atoms with Crippen molar-refractivity contribution in [2.24, 2.45) is 11.1 Å². The molecule has 0 saturated heterocycles. The maximum atomic E-state index is 6.15. The highest BCUT2D eigenvalue weighted by Gasteiger charge is 2.21. The second-order valence-corrected chi connectivity index (χ2v) is 5.43. The smallest absolute Gasteiger partial charge is 0.115 e. The monoisotopic (exact) mass is 221 g/mol. The van der Waals surface area contributed by atoms with Crippen LogP contribution in [0.2, 0.25) is 0 Å². The van der Waals surface area contributed by atoms with Crippen LogP contribution in [0.5, 0.6) is 0 Å². The third-order valence-electron chi connectivity index (χ3n) is 2.83. The standard InChI is InChI=1S/C13H23N3/c1-5-6-10-7-11(16-9-15-10)8-12(14)13(2,3)4/h7,9,12H,5-6,8,14H2,1-4H3. The third kappa shape index (κ3) is 3.89. The van der Waals surface area contributed by atoms with E-state index in [9.17, 15) is 0 Å². The van der Waals surface area contributed by atoms with Gasteiger partial charge in [0.2, 0.25) is 0 Å². The van der Waals surface area contributed by atoms with Gasteiger partial charge in [0.15, 0.2) is 0 Å². The van der Waals surface area contributed by atoms with Crippen molar-refractivity contribution in [3.8, 4) is 0 Å². The van der Waals surface area contributed by atoms with Crippen LogP contribution in [0.25, 0.3) is 0 Å². The highest BCUT2D eigenvalue weighted by Crippen LogP contribution is 2.20. The number of nitrogens with two attached hydrogens (primary N) is 1. The van der Waals surface area contributed by atoms with E-state index in [-0.39, 0.29) is 11.5 Å². The van der Waals surface area contributed by atoms with Crippen LogP contribution in [0.3, 0.4) is 0 Å². The van der Waals surface area contributed by atoms with Crippen LogP contribution in [0.1, 0.15) is 45.5 Å². The molecule has 1 atom stereocenters. The number of aromatic nitrogens is 2. The fourth-order valence-corrected chi connectivity index (χ4v) is 1.48. The van der Waals surface area contributed by atoms with Gasteiger partial charge in [-0.15, -0.1) is 0 Å². The Kier molecular flexibility index (Phi) is 4.42. The summed E-state index contributed by atoms with van der Waals surface area (Å²) in [6.45, 7) is 8.63. The Bertz CT molecular complexity index is 328. The molecule has 0 aromatic carbocycles. The molecule has 0 amide bonds. The van der Waals surface area contributed by atoms with Gasteiger partial charge < -0.3 is 5.73 Å². The van der Waals surface area contributed by atoms with Gasteiger partial charge in [0.05, 0.1) is 0 Å². The number of hydrogen-bond donors (Lipinski definition) is 1. The predicted octanol–water partition coefficient (Wildman–Crippen LogP) is 2.35. The highest BCUT2D eigenvalue weighted by molar-refractivity contribution is 5.10. The molecule has 0 bridgehead atoms. The Morgan fingerprint density at radius 1 is 1.25 bits per heavy atom. The normalized spacial score (nSPS) is 13.8. The van der Waals surface area contributed by atoms with Crippen LogP contribution in [-0.2, 0) is 12.8 Å². The predicted molar refractivity (Wildman–Crippen MR) is 67.2 cm³/mol. The fourth-order valence-electron chi connectivity index (χ4n) is 1.48. The lowest BCUT2D eigenvalue weighted by atomic mass is 9.84. The zero-order chi connectivity index (χ0) is 12.2. The maximum absolute atomic E-state index is 6.15. The molecule has 0 aliphatic rings. The van der Waals surface area contributed by atoms with Crippen molar-refractivity contribution in [3.63, 3.8) is 0 Å². The largest absolute Gasteiger partial charge is 0.327 e. The summed E-state index contributed by atoms with van der Waals surface area (Å²) in [6.07, 6.45) is 4.60. The van der Waals surface area contributed by atoms with Gasteiger partial charge in [-0.3, -0.25) is 0 Å². The number of rotatable bonds is 4. The second-order valence-electron chi connectivity index (χ2n) is 5.43. The van der Waals surface area contributed by atoms with Gasteiger partial charge in [-0.05, 0) is 17.9 Å². The van der Waals surface area contributed by atoms with E-state index in [2.05, 4.69) is 43.7 Å². The maximum Gasteiger partial charge on any atom is 0.115 e. The quantitative estimate of drug-likeness (QED) is 0.849. The summed E-state index contributed by atoms with van der Waals surface area (Å²) in [5.41, 5.74) is 8.44. The van der Waals surface area contributed by atoms with Crippen molar-refractivity contribution in [2.75, 3.05) is 0 Å². The van der Waals surface area contributed by atoms with Gasteiger partial charge >= 0.3 is 0 Å². The summed E-state index contributed by atoms with van der Waals surface area (Å²) < 4.78 is 0. The molecule has 1 rings (SSSR count). The molecule has 90 valence electrons. The van der Waals surface area contributed by atoms with Crippen molar-refractivity contribution in [1.29, 1.82) is 0 Å². The average Bonchev–Trinajstić information content (AvgIpc) is 2.17. The van der Waals surface area contributed by atoms with Gasteiger partial charge in [0.1, 0.15) is 6.33 Å². The Balaban J connectivity index is 2.70. The van der Waals surface area contributed by atoms with Crippen molar-refractivity contribution >= 4 is 0 Å². The zero-order valence-electron chi connectivity index (χ0n) is 10.8. The SMILES string of the molecule is CCCc1cc(CC(N)C(C)(C)C)ncn1. The molecule has 0 aliphatic heterocycles. The van der Waals surface area contributed by atoms with Crippen molar-refractivity contribution in [3.05, 3.63) is 23.8 Å². The van der Waals surface area contributed by atoms with Crippen molar-refractivity contribution < 1.29 is 0 Å². The number of nitrogens with zero attached hydrogens (tertiary/aromatic N) is 2. The molecule has 3 nitrogen and oxygen atoms in total. The minimum atomic E-state index is 0.121. The van der Waals surface area contributed by atoms with Crippen LogP contribution in [0, 0.1) is 5.41 Å². The summed E-state index contributed by atoms with van der Waals surface area (Å²) in [5.74, 6) is 0.